The maximum absolute atomic E-state index is 12.4. The summed E-state index contributed by atoms with van der Waals surface area (Å²) in [6.07, 6.45) is 1.02. The molecule has 1 heterocycles. The highest BCUT2D eigenvalue weighted by Crippen LogP contribution is 2.25. The predicted molar refractivity (Wildman–Crippen MR) is 100 cm³/mol. The Morgan fingerprint density at radius 1 is 1.04 bits per heavy atom. The number of carboxylic acids is 1. The molecule has 3 rings (SSSR count). The number of hydrogen-bond donors (Lipinski definition) is 2. The van der Waals surface area contributed by atoms with Crippen LogP contribution in [-0.4, -0.2) is 40.5 Å². The summed E-state index contributed by atoms with van der Waals surface area (Å²) in [5, 5.41) is 11.9. The van der Waals surface area contributed by atoms with E-state index in [2.05, 4.69) is 48.3 Å². The highest BCUT2D eigenvalue weighted by Gasteiger charge is 2.30. The molecule has 2 N–H and O–H groups in total. The first-order valence-electron chi connectivity index (χ1n) is 8.80. The third-order valence-corrected chi connectivity index (χ3v) is 5.06. The molecule has 0 spiro atoms. The molecule has 1 aliphatic heterocycles. The van der Waals surface area contributed by atoms with Gasteiger partial charge in [0.1, 0.15) is 0 Å². The van der Waals surface area contributed by atoms with Gasteiger partial charge in [-0.3, -0.25) is 9.69 Å². The second-order valence-electron chi connectivity index (χ2n) is 7.32. The molecular formula is C21H24N2O3. The summed E-state index contributed by atoms with van der Waals surface area (Å²) >= 11 is 0. The molecule has 1 amide bonds. The minimum absolute atomic E-state index is 0.175. The molecule has 0 aromatic heterocycles. The summed E-state index contributed by atoms with van der Waals surface area (Å²) in [5.41, 5.74) is 3.22. The molecule has 26 heavy (non-hydrogen) atoms. The number of hydrogen-bond acceptors (Lipinski definition) is 3. The van der Waals surface area contributed by atoms with Crippen LogP contribution in [0.25, 0.3) is 0 Å². The van der Waals surface area contributed by atoms with Gasteiger partial charge in [0.05, 0.1) is 5.56 Å². The summed E-state index contributed by atoms with van der Waals surface area (Å²) in [6, 6.07) is 14.5. The number of amides is 1. The van der Waals surface area contributed by atoms with E-state index < -0.39 is 5.97 Å². The maximum atomic E-state index is 12.4. The summed E-state index contributed by atoms with van der Waals surface area (Å²) < 4.78 is 0. The van der Waals surface area contributed by atoms with Gasteiger partial charge in [0.25, 0.3) is 5.91 Å². The Bertz CT molecular complexity index is 812. The number of nitrogens with zero attached hydrogens (tertiary/aromatic N) is 1. The summed E-state index contributed by atoms with van der Waals surface area (Å²) in [5.74, 6) is -1.18. The van der Waals surface area contributed by atoms with Crippen molar-refractivity contribution in [3.05, 3.63) is 70.8 Å². The quantitative estimate of drug-likeness (QED) is 0.868. The second kappa shape index (κ2) is 7.30. The van der Waals surface area contributed by atoms with Crippen molar-refractivity contribution in [1.29, 1.82) is 0 Å². The minimum Gasteiger partial charge on any atom is -0.478 e. The topological polar surface area (TPSA) is 69.6 Å². The molecule has 0 bridgehead atoms. The predicted octanol–water partition coefficient (Wildman–Crippen LogP) is 2.95. The molecule has 0 radical (unpaired) electrons. The number of aromatic carboxylic acids is 1. The fourth-order valence-electron chi connectivity index (χ4n) is 3.29. The molecule has 0 unspecified atom stereocenters. The Balaban J connectivity index is 1.61. The molecule has 2 aromatic carbocycles. The third kappa shape index (κ3) is 3.94. The van der Waals surface area contributed by atoms with Crippen LogP contribution in [0.4, 0.5) is 0 Å². The molecule has 0 fully saturated rings. The lowest BCUT2D eigenvalue weighted by atomic mass is 9.94. The number of carbonyl (C=O) groups is 2. The largest absolute Gasteiger partial charge is 0.478 e. The van der Waals surface area contributed by atoms with Crippen molar-refractivity contribution in [1.82, 2.24) is 10.2 Å². The van der Waals surface area contributed by atoms with E-state index in [1.807, 2.05) is 0 Å². The molecule has 0 atom stereocenters. The van der Waals surface area contributed by atoms with Gasteiger partial charge in [-0.1, -0.05) is 24.3 Å². The number of carbonyl (C=O) groups excluding carboxylic acids is 1. The average molecular weight is 352 g/mol. The third-order valence-electron chi connectivity index (χ3n) is 5.06. The number of carboxylic acid groups (broad SMARTS) is 1. The van der Waals surface area contributed by atoms with Crippen LogP contribution < -0.4 is 5.32 Å². The molecule has 2 aromatic rings. The van der Waals surface area contributed by atoms with E-state index in [9.17, 15) is 9.59 Å². The minimum atomic E-state index is -0.997. The molecule has 0 aliphatic carbocycles. The van der Waals surface area contributed by atoms with Crippen LogP contribution in [-0.2, 0) is 13.0 Å². The normalized spacial score (nSPS) is 14.5. The molecule has 0 saturated carbocycles. The zero-order chi connectivity index (χ0) is 18.7. The highest BCUT2D eigenvalue weighted by molar-refractivity contribution is 5.95. The van der Waals surface area contributed by atoms with E-state index >= 15 is 0 Å². The fraction of sp³-hybridized carbons (Fsp3) is 0.333. The SMILES string of the molecule is CC(C)(CNC(=O)c1ccc(C(=O)O)cc1)N1CCc2ccccc2C1. The van der Waals surface area contributed by atoms with Gasteiger partial charge in [0.15, 0.2) is 0 Å². The summed E-state index contributed by atoms with van der Waals surface area (Å²) in [6.45, 7) is 6.64. The molecule has 136 valence electrons. The van der Waals surface area contributed by atoms with E-state index in [0.717, 1.165) is 19.5 Å². The molecule has 5 heteroatoms. The standard InChI is InChI=1S/C21H24N2O3/c1-21(2,23-12-11-15-5-3-4-6-18(15)13-23)14-22-19(24)16-7-9-17(10-8-16)20(25)26/h3-10H,11-14H2,1-2H3,(H,22,24)(H,25,26). The smallest absolute Gasteiger partial charge is 0.335 e. The van der Waals surface area contributed by atoms with Crippen molar-refractivity contribution >= 4 is 11.9 Å². The van der Waals surface area contributed by atoms with Crippen molar-refractivity contribution in [3.63, 3.8) is 0 Å². The lowest BCUT2D eigenvalue weighted by Gasteiger charge is -2.41. The second-order valence-corrected chi connectivity index (χ2v) is 7.32. The Hall–Kier alpha value is -2.66. The Kier molecular flexibility index (Phi) is 5.09. The van der Waals surface area contributed by atoms with Crippen molar-refractivity contribution in [2.45, 2.75) is 32.4 Å². The van der Waals surface area contributed by atoms with Crippen molar-refractivity contribution in [2.24, 2.45) is 0 Å². The number of nitrogens with one attached hydrogen (secondary N) is 1. The Morgan fingerprint density at radius 2 is 1.65 bits per heavy atom. The van der Waals surface area contributed by atoms with Gasteiger partial charge in [-0.2, -0.15) is 0 Å². The zero-order valence-corrected chi connectivity index (χ0v) is 15.2. The summed E-state index contributed by atoms with van der Waals surface area (Å²) in [4.78, 5) is 25.7. The average Bonchev–Trinajstić information content (AvgIpc) is 2.65. The van der Waals surface area contributed by atoms with Crippen LogP contribution in [0.15, 0.2) is 48.5 Å². The van der Waals surface area contributed by atoms with Gasteiger partial charge in [-0.25, -0.2) is 4.79 Å². The lowest BCUT2D eigenvalue weighted by Crippen LogP contribution is -2.53. The van der Waals surface area contributed by atoms with E-state index in [1.165, 1.54) is 23.3 Å². The van der Waals surface area contributed by atoms with Crippen LogP contribution in [0.5, 0.6) is 0 Å². The molecular weight excluding hydrogens is 328 g/mol. The van der Waals surface area contributed by atoms with Crippen LogP contribution in [0.1, 0.15) is 45.7 Å². The van der Waals surface area contributed by atoms with Crippen LogP contribution in [0.3, 0.4) is 0 Å². The molecule has 5 nitrogen and oxygen atoms in total. The van der Waals surface area contributed by atoms with Crippen molar-refractivity contribution in [3.8, 4) is 0 Å². The van der Waals surface area contributed by atoms with Gasteiger partial charge >= 0.3 is 5.97 Å². The van der Waals surface area contributed by atoms with Crippen LogP contribution in [0, 0.1) is 0 Å². The summed E-state index contributed by atoms with van der Waals surface area (Å²) in [7, 11) is 0. The van der Waals surface area contributed by atoms with E-state index in [0.29, 0.717) is 12.1 Å². The first kappa shape index (κ1) is 18.1. The Labute approximate surface area is 153 Å². The maximum Gasteiger partial charge on any atom is 0.335 e. The number of benzene rings is 2. The fourth-order valence-corrected chi connectivity index (χ4v) is 3.29. The van der Waals surface area contributed by atoms with E-state index in [1.54, 1.807) is 12.1 Å². The van der Waals surface area contributed by atoms with Gasteiger partial charge < -0.3 is 10.4 Å². The lowest BCUT2D eigenvalue weighted by molar-refractivity contribution is 0.0696. The monoisotopic (exact) mass is 352 g/mol. The first-order valence-corrected chi connectivity index (χ1v) is 8.80. The highest BCUT2D eigenvalue weighted by atomic mass is 16.4. The van der Waals surface area contributed by atoms with E-state index in [4.69, 9.17) is 5.11 Å². The first-order chi connectivity index (χ1) is 12.4. The van der Waals surface area contributed by atoms with Gasteiger partial charge in [-0.15, -0.1) is 0 Å². The zero-order valence-electron chi connectivity index (χ0n) is 15.2. The number of fused-ring (bicyclic) bond motifs is 1. The van der Waals surface area contributed by atoms with Crippen molar-refractivity contribution < 1.29 is 14.7 Å². The van der Waals surface area contributed by atoms with E-state index in [-0.39, 0.29) is 17.0 Å². The van der Waals surface area contributed by atoms with Crippen molar-refractivity contribution in [2.75, 3.05) is 13.1 Å². The van der Waals surface area contributed by atoms with Crippen LogP contribution in [0.2, 0.25) is 0 Å². The number of rotatable bonds is 5. The van der Waals surface area contributed by atoms with Gasteiger partial charge in [0, 0.05) is 30.7 Å². The van der Waals surface area contributed by atoms with Gasteiger partial charge in [-0.05, 0) is 55.7 Å². The van der Waals surface area contributed by atoms with Crippen LogP contribution >= 0.6 is 0 Å². The van der Waals surface area contributed by atoms with Gasteiger partial charge in [0.2, 0.25) is 0 Å². The molecule has 0 saturated heterocycles. The Morgan fingerprint density at radius 3 is 2.31 bits per heavy atom. The molecule has 1 aliphatic rings.